The summed E-state index contributed by atoms with van der Waals surface area (Å²) in [6.07, 6.45) is 5.23. The molecule has 0 saturated carbocycles. The largest absolute Gasteiger partial charge is 0.271 e. The Morgan fingerprint density at radius 3 is 0.638 bits per heavy atom. The molecule has 1 heterocycles. The highest BCUT2D eigenvalue weighted by Gasteiger charge is 2.86. The molecule has 69 heavy (non-hydrogen) atoms. The first-order valence-corrected chi connectivity index (χ1v) is 26.9. The highest BCUT2D eigenvalue weighted by molar-refractivity contribution is 6.82. The summed E-state index contributed by atoms with van der Waals surface area (Å²) >= 11 is 0. The van der Waals surface area contributed by atoms with E-state index < -0.39 is 0 Å². The maximum absolute atomic E-state index is 3.33. The van der Waals surface area contributed by atoms with Crippen LogP contribution in [0.15, 0.2) is 0 Å². The van der Waals surface area contributed by atoms with E-state index in [0.717, 1.165) is 0 Å². The van der Waals surface area contributed by atoms with Crippen LogP contribution in [0.1, 0.15) is 61.8 Å². The zero-order valence-electron chi connectivity index (χ0n) is 36.6. The van der Waals surface area contributed by atoms with Gasteiger partial charge in [-0.3, -0.25) is 4.90 Å². The van der Waals surface area contributed by atoms with Gasteiger partial charge in [0, 0.05) is 6.54 Å². The zero-order chi connectivity index (χ0) is 41.2. The minimum atomic E-state index is -0.169. The van der Waals surface area contributed by atoms with Crippen molar-refractivity contribution < 1.29 is 0 Å². The third-order valence-corrected chi connectivity index (χ3v) is 26.0. The summed E-state index contributed by atoms with van der Waals surface area (Å²) in [4.78, 5) is 3.33. The normalized spacial score (nSPS) is 24.0. The second-order valence-electron chi connectivity index (χ2n) is 26.2. The van der Waals surface area contributed by atoms with E-state index in [1.807, 2.05) is 22.3 Å². The van der Waals surface area contributed by atoms with E-state index in [4.69, 9.17) is 0 Å². The van der Waals surface area contributed by atoms with E-state index in [1.165, 1.54) is 32.2 Å². The molecule has 5 aliphatic rings. The Bertz CT molecular complexity index is 6830. The molecule has 0 N–H and O–H groups in total. The van der Waals surface area contributed by atoms with E-state index in [-0.39, 0.29) is 11.1 Å². The lowest BCUT2D eigenvalue weighted by Crippen LogP contribution is -2.25. The highest BCUT2D eigenvalue weighted by atomic mass is 15.5. The van der Waals surface area contributed by atoms with Crippen LogP contribution in [-0.2, 0) is 11.1 Å². The molecule has 0 bridgehead atoms. The molecular formula is C68H17N. The van der Waals surface area contributed by atoms with Crippen molar-refractivity contribution in [1.29, 1.82) is 0 Å². The van der Waals surface area contributed by atoms with Crippen LogP contribution in [0.3, 0.4) is 0 Å². The standard InChI is InChI=1S/C68H17N/c1-3-5-6-8(4-2)7-69-67-63-56-49-37-29-20-11-9-10-12-15(11)24-31(29)39-40-32(24)30-21(12)23-19-14(10)17-16-13(9)18-22(20)35(37)43-41-27(18)25(16)33-34-26(17)28(19)42-44-36(23)38(30)50-52(40)61(60(63)51(39)49)64-57(50)55(44)59-48(42)46(34)53-45(33)47(41)58(54(43)56)65(67)62(53)66(59)68(64,67)69/h8H,3-7H2,1-2H3. The van der Waals surface area contributed by atoms with Gasteiger partial charge in [-0.25, -0.2) is 0 Å². The Kier molecular flexibility index (Phi) is 2.26. The first kappa shape index (κ1) is 26.3. The quantitative estimate of drug-likeness (QED) is 0.119. The Labute approximate surface area is 379 Å². The van der Waals surface area contributed by atoms with Crippen LogP contribution in [0, 0.1) is 5.92 Å². The van der Waals surface area contributed by atoms with Crippen molar-refractivity contribution in [2.24, 2.45) is 5.92 Å². The molecule has 0 aromatic heterocycles. The van der Waals surface area contributed by atoms with E-state index in [0.29, 0.717) is 5.92 Å². The fraction of sp³-hybridized carbons (Fsp3) is 0.147. The number of nitrogens with zero attached hydrogens (tertiary/aromatic N) is 1. The molecule has 4 aliphatic carbocycles. The number of hydrogen-bond donors (Lipinski definition) is 0. The van der Waals surface area contributed by atoms with Crippen LogP contribution < -0.4 is 0 Å². The van der Waals surface area contributed by atoms with Crippen molar-refractivity contribution in [2.75, 3.05) is 6.54 Å². The topological polar surface area (TPSA) is 3.01 Å². The maximum Gasteiger partial charge on any atom is 0.102 e. The number of rotatable bonds is 6. The van der Waals surface area contributed by atoms with Gasteiger partial charge in [0.25, 0.3) is 0 Å². The molecule has 1 heteroatoms. The molecular weight excluding hydrogens is 831 g/mol. The third-order valence-electron chi connectivity index (χ3n) is 26.0. The fourth-order valence-electron chi connectivity index (χ4n) is 25.6. The second-order valence-corrected chi connectivity index (χ2v) is 26.2. The third kappa shape index (κ3) is 1.39. The first-order valence-electron chi connectivity index (χ1n) is 26.9. The van der Waals surface area contributed by atoms with Crippen LogP contribution in [0.4, 0.5) is 0 Å². The molecule has 2 spiro atoms. The molecule has 3 unspecified atom stereocenters. The Morgan fingerprint density at radius 1 is 0.246 bits per heavy atom. The Hall–Kier alpha value is -7.58. The Morgan fingerprint density at radius 2 is 0.420 bits per heavy atom. The van der Waals surface area contributed by atoms with Crippen molar-refractivity contribution in [1.82, 2.24) is 4.90 Å². The molecule has 28 aromatic rings. The molecule has 1 saturated heterocycles. The van der Waals surface area contributed by atoms with Gasteiger partial charge < -0.3 is 0 Å². The Balaban J connectivity index is 1.15. The van der Waals surface area contributed by atoms with Crippen LogP contribution in [0.5, 0.6) is 0 Å². The molecule has 28 aromatic carbocycles. The molecule has 3 atom stereocenters. The van der Waals surface area contributed by atoms with Crippen molar-refractivity contribution in [3.63, 3.8) is 0 Å². The summed E-state index contributed by atoms with van der Waals surface area (Å²) in [6, 6.07) is 0. The average molecular weight is 848 g/mol. The minimum Gasteiger partial charge on any atom is -0.271 e. The molecule has 33 rings (SSSR count). The van der Waals surface area contributed by atoms with Gasteiger partial charge in [-0.15, -0.1) is 0 Å². The summed E-state index contributed by atoms with van der Waals surface area (Å²) in [5, 5.41) is 91.7. The van der Waals surface area contributed by atoms with Crippen LogP contribution >= 0.6 is 0 Å². The summed E-state index contributed by atoms with van der Waals surface area (Å²) in [5.74, 6) is 0.688. The van der Waals surface area contributed by atoms with Gasteiger partial charge in [0.05, 0.1) is 0 Å². The van der Waals surface area contributed by atoms with E-state index in [9.17, 15) is 0 Å². The monoisotopic (exact) mass is 847 g/mol. The van der Waals surface area contributed by atoms with E-state index >= 15 is 0 Å². The van der Waals surface area contributed by atoms with Crippen molar-refractivity contribution >= 4 is 291 Å². The second kappa shape index (κ2) is 5.95. The van der Waals surface area contributed by atoms with Crippen molar-refractivity contribution in [3.05, 3.63) is 22.3 Å². The lowest BCUT2D eigenvalue weighted by Gasteiger charge is -2.29. The predicted molar refractivity (Wildman–Crippen MR) is 294 cm³/mol. The van der Waals surface area contributed by atoms with Crippen LogP contribution in [-0.4, -0.2) is 11.4 Å². The SMILES string of the molecule is CCCCC(CC)CN1C23c4c5c6c7c8c9c(c%10c%11c2c2c%12c4c4c%13c5c5c7c7c8c8c%14c9c%10c9c%10c%11c2c2c%11c%12c4c4c%12c%13c5c5c7c7c8c8c%14c9c9c%10c2c2c%11c4c4c%12c5c7c5c8c9c2c45)C613. The van der Waals surface area contributed by atoms with Crippen LogP contribution in [0.2, 0.25) is 0 Å². The van der Waals surface area contributed by atoms with Gasteiger partial charge in [0.2, 0.25) is 0 Å². The van der Waals surface area contributed by atoms with Gasteiger partial charge in [-0.05, 0) is 325 Å². The number of unbranched alkanes of at least 4 members (excludes halogenated alkanes) is 1. The molecule has 1 fully saturated rings. The summed E-state index contributed by atoms with van der Waals surface area (Å²) in [7, 11) is 0. The minimum absolute atomic E-state index is 0.169. The first-order chi connectivity index (χ1) is 34.4. The smallest absolute Gasteiger partial charge is 0.102 e. The lowest BCUT2D eigenvalue weighted by molar-refractivity contribution is 0.311. The molecule has 1 nitrogen and oxygen atoms in total. The van der Waals surface area contributed by atoms with Crippen molar-refractivity contribution in [2.45, 2.75) is 50.6 Å². The zero-order valence-corrected chi connectivity index (χ0v) is 36.6. The van der Waals surface area contributed by atoms with Crippen LogP contribution in [0.25, 0.3) is 291 Å². The van der Waals surface area contributed by atoms with Gasteiger partial charge >= 0.3 is 0 Å². The molecule has 294 valence electrons. The number of benzene rings is 17. The summed E-state index contributed by atoms with van der Waals surface area (Å²) in [5.41, 5.74) is 6.90. The van der Waals surface area contributed by atoms with E-state index in [2.05, 4.69) is 18.7 Å². The molecule has 0 amide bonds. The predicted octanol–water partition coefficient (Wildman–Crippen LogP) is 18.7. The molecule has 1 aliphatic heterocycles. The summed E-state index contributed by atoms with van der Waals surface area (Å²) < 4.78 is 0. The lowest BCUT2D eigenvalue weighted by atomic mass is 9.69. The van der Waals surface area contributed by atoms with Gasteiger partial charge in [-0.2, -0.15) is 0 Å². The van der Waals surface area contributed by atoms with Gasteiger partial charge in [-0.1, -0.05) is 33.1 Å². The average Bonchev–Trinajstić information content (AvgIpc) is 4.35. The fourth-order valence-corrected chi connectivity index (χ4v) is 25.6. The van der Waals surface area contributed by atoms with Crippen molar-refractivity contribution in [3.8, 4) is 0 Å². The summed E-state index contributed by atoms with van der Waals surface area (Å²) in [6.45, 7) is 6.17. The van der Waals surface area contributed by atoms with Gasteiger partial charge in [0.1, 0.15) is 11.1 Å². The van der Waals surface area contributed by atoms with Gasteiger partial charge in [0.15, 0.2) is 0 Å². The van der Waals surface area contributed by atoms with E-state index in [1.54, 1.807) is 291 Å². The highest BCUT2D eigenvalue weighted by Crippen LogP contribution is 2.90. The maximum atomic E-state index is 3.33. The number of hydrogen-bond acceptors (Lipinski definition) is 1. The molecule has 0 radical (unpaired) electrons.